The van der Waals surface area contributed by atoms with Gasteiger partial charge in [-0.1, -0.05) is 13.3 Å². The number of ether oxygens (including phenoxy) is 1. The van der Waals surface area contributed by atoms with Crippen molar-refractivity contribution >= 4 is 34.1 Å². The summed E-state index contributed by atoms with van der Waals surface area (Å²) in [4.78, 5) is 35.6. The second-order valence-corrected chi connectivity index (χ2v) is 6.84. The Labute approximate surface area is 139 Å². The van der Waals surface area contributed by atoms with Gasteiger partial charge in [0.25, 0.3) is 5.91 Å². The van der Waals surface area contributed by atoms with E-state index in [1.807, 2.05) is 13.8 Å². The van der Waals surface area contributed by atoms with Crippen LogP contribution in [-0.4, -0.2) is 30.4 Å². The van der Waals surface area contributed by atoms with Gasteiger partial charge >= 0.3 is 5.97 Å². The minimum atomic E-state index is -0.555. The summed E-state index contributed by atoms with van der Waals surface area (Å²) in [5.74, 6) is -0.754. The van der Waals surface area contributed by atoms with Crippen LogP contribution in [0.1, 0.15) is 49.2 Å². The summed E-state index contributed by atoms with van der Waals surface area (Å²) in [6.07, 6.45) is 3.72. The molecule has 2 amide bonds. The van der Waals surface area contributed by atoms with Crippen LogP contribution in [0.4, 0.5) is 5.00 Å². The van der Waals surface area contributed by atoms with Crippen molar-refractivity contribution in [1.82, 2.24) is 5.32 Å². The number of esters is 1. The summed E-state index contributed by atoms with van der Waals surface area (Å²) < 4.78 is 4.99. The number of carbonyl (C=O) groups is 3. The number of nitrogens with one attached hydrogen (secondary N) is 2. The van der Waals surface area contributed by atoms with Crippen LogP contribution in [0.25, 0.3) is 0 Å². The number of carbonyl (C=O) groups excluding carboxylic acids is 3. The molecule has 23 heavy (non-hydrogen) atoms. The third-order valence-electron chi connectivity index (χ3n) is 3.47. The van der Waals surface area contributed by atoms with Gasteiger partial charge in [-0.2, -0.15) is 0 Å². The first-order valence-corrected chi connectivity index (χ1v) is 8.68. The number of hydrogen-bond acceptors (Lipinski definition) is 5. The Balaban J connectivity index is 1.76. The zero-order valence-corrected chi connectivity index (χ0v) is 14.2. The van der Waals surface area contributed by atoms with Crippen molar-refractivity contribution in [3.05, 3.63) is 17.0 Å². The first kappa shape index (κ1) is 17.5. The van der Waals surface area contributed by atoms with Crippen molar-refractivity contribution in [2.75, 3.05) is 11.9 Å². The number of amides is 2. The molecule has 0 aliphatic heterocycles. The molecule has 1 saturated carbocycles. The van der Waals surface area contributed by atoms with Crippen molar-refractivity contribution < 1.29 is 19.1 Å². The number of thiophene rings is 1. The van der Waals surface area contributed by atoms with Gasteiger partial charge in [0.15, 0.2) is 6.61 Å². The highest BCUT2D eigenvalue weighted by molar-refractivity contribution is 7.18. The molecule has 0 spiro atoms. The lowest BCUT2D eigenvalue weighted by atomic mass is 10.2. The topological polar surface area (TPSA) is 84.5 Å². The first-order chi connectivity index (χ1) is 11.0. The molecule has 0 radical (unpaired) electrons. The summed E-state index contributed by atoms with van der Waals surface area (Å²) in [7, 11) is 0. The van der Waals surface area contributed by atoms with E-state index in [1.165, 1.54) is 0 Å². The van der Waals surface area contributed by atoms with E-state index in [4.69, 9.17) is 4.74 Å². The third-order valence-corrected chi connectivity index (χ3v) is 4.45. The van der Waals surface area contributed by atoms with Gasteiger partial charge in [-0.15, -0.1) is 11.3 Å². The van der Waals surface area contributed by atoms with Gasteiger partial charge in [-0.05, 0) is 38.3 Å². The highest BCUT2D eigenvalue weighted by Crippen LogP contribution is 2.31. The molecule has 0 saturated heterocycles. The lowest BCUT2D eigenvalue weighted by Crippen LogP contribution is -2.35. The molecule has 0 bridgehead atoms. The molecule has 1 aliphatic rings. The zero-order chi connectivity index (χ0) is 16.8. The SMILES string of the molecule is CCC[C@H](C)NC(=O)COC(=O)c1ccc(NC(=O)C2CC2)s1. The van der Waals surface area contributed by atoms with Crippen LogP contribution in [0.5, 0.6) is 0 Å². The minimum absolute atomic E-state index is 0.00365. The maximum atomic E-state index is 11.9. The normalized spacial score (nSPS) is 14.9. The molecule has 1 aliphatic carbocycles. The van der Waals surface area contributed by atoms with Crippen LogP contribution in [-0.2, 0) is 14.3 Å². The van der Waals surface area contributed by atoms with E-state index < -0.39 is 5.97 Å². The largest absolute Gasteiger partial charge is 0.451 e. The standard InChI is InChI=1S/C16H22N2O4S/c1-3-4-10(2)17-13(19)9-22-16(21)12-7-8-14(23-12)18-15(20)11-5-6-11/h7-8,10-11H,3-6,9H2,1-2H3,(H,17,19)(H,18,20)/t10-/m0/s1. The molecule has 0 aromatic carbocycles. The molecular weight excluding hydrogens is 316 g/mol. The van der Waals surface area contributed by atoms with Crippen LogP contribution in [0, 0.1) is 5.92 Å². The predicted molar refractivity (Wildman–Crippen MR) is 88.5 cm³/mol. The summed E-state index contributed by atoms with van der Waals surface area (Å²) in [6.45, 7) is 3.66. The Kier molecular flexibility index (Phi) is 6.15. The monoisotopic (exact) mass is 338 g/mol. The van der Waals surface area contributed by atoms with Gasteiger partial charge in [0.2, 0.25) is 5.91 Å². The van der Waals surface area contributed by atoms with E-state index in [1.54, 1.807) is 12.1 Å². The molecule has 1 atom stereocenters. The molecule has 2 N–H and O–H groups in total. The molecule has 7 heteroatoms. The van der Waals surface area contributed by atoms with Crippen molar-refractivity contribution in [2.45, 2.75) is 45.6 Å². The highest BCUT2D eigenvalue weighted by Gasteiger charge is 2.30. The average molecular weight is 338 g/mol. The zero-order valence-electron chi connectivity index (χ0n) is 13.4. The Morgan fingerprint density at radius 3 is 2.74 bits per heavy atom. The van der Waals surface area contributed by atoms with E-state index in [-0.39, 0.29) is 30.4 Å². The molecular formula is C16H22N2O4S. The fourth-order valence-electron chi connectivity index (χ4n) is 2.11. The first-order valence-electron chi connectivity index (χ1n) is 7.86. The lowest BCUT2D eigenvalue weighted by Gasteiger charge is -2.12. The summed E-state index contributed by atoms with van der Waals surface area (Å²) in [5.41, 5.74) is 0. The Morgan fingerprint density at radius 2 is 2.09 bits per heavy atom. The smallest absolute Gasteiger partial charge is 0.348 e. The molecule has 0 unspecified atom stereocenters. The Bertz CT molecular complexity index is 580. The average Bonchev–Trinajstić information content (AvgIpc) is 3.25. The molecule has 126 valence electrons. The molecule has 1 fully saturated rings. The van der Waals surface area contributed by atoms with Crippen molar-refractivity contribution in [3.63, 3.8) is 0 Å². The summed E-state index contributed by atoms with van der Waals surface area (Å²) in [5, 5.41) is 6.17. The predicted octanol–water partition coefficient (Wildman–Crippen LogP) is 2.56. The maximum Gasteiger partial charge on any atom is 0.348 e. The van der Waals surface area contributed by atoms with E-state index in [2.05, 4.69) is 10.6 Å². The van der Waals surface area contributed by atoms with Crippen LogP contribution in [0.15, 0.2) is 12.1 Å². The fraction of sp³-hybridized carbons (Fsp3) is 0.562. The molecule has 2 rings (SSSR count). The van der Waals surface area contributed by atoms with Gasteiger partial charge in [0.05, 0.1) is 5.00 Å². The second-order valence-electron chi connectivity index (χ2n) is 5.76. The van der Waals surface area contributed by atoms with Gasteiger partial charge < -0.3 is 15.4 Å². The van der Waals surface area contributed by atoms with Crippen molar-refractivity contribution in [1.29, 1.82) is 0 Å². The Hall–Kier alpha value is -1.89. The quantitative estimate of drug-likeness (QED) is 0.714. The Morgan fingerprint density at radius 1 is 1.35 bits per heavy atom. The molecule has 6 nitrogen and oxygen atoms in total. The van der Waals surface area contributed by atoms with Crippen LogP contribution < -0.4 is 10.6 Å². The summed E-state index contributed by atoms with van der Waals surface area (Å²) in [6, 6.07) is 3.33. The third kappa shape index (κ3) is 5.67. The number of hydrogen-bond donors (Lipinski definition) is 2. The van der Waals surface area contributed by atoms with Crippen LogP contribution in [0.3, 0.4) is 0 Å². The maximum absolute atomic E-state index is 11.9. The van der Waals surface area contributed by atoms with Gasteiger partial charge in [-0.3, -0.25) is 9.59 Å². The lowest BCUT2D eigenvalue weighted by molar-refractivity contribution is -0.124. The van der Waals surface area contributed by atoms with Crippen LogP contribution >= 0.6 is 11.3 Å². The second kappa shape index (κ2) is 8.10. The van der Waals surface area contributed by atoms with Crippen molar-refractivity contribution in [3.8, 4) is 0 Å². The van der Waals surface area contributed by atoms with E-state index in [0.717, 1.165) is 37.0 Å². The highest BCUT2D eigenvalue weighted by atomic mass is 32.1. The van der Waals surface area contributed by atoms with Gasteiger partial charge in [0, 0.05) is 12.0 Å². The van der Waals surface area contributed by atoms with E-state index >= 15 is 0 Å². The van der Waals surface area contributed by atoms with Gasteiger partial charge in [-0.25, -0.2) is 4.79 Å². The van der Waals surface area contributed by atoms with E-state index in [9.17, 15) is 14.4 Å². The minimum Gasteiger partial charge on any atom is -0.451 e. The molecule has 1 aromatic heterocycles. The number of anilines is 1. The van der Waals surface area contributed by atoms with Crippen LogP contribution in [0.2, 0.25) is 0 Å². The van der Waals surface area contributed by atoms with Gasteiger partial charge in [0.1, 0.15) is 4.88 Å². The number of rotatable bonds is 8. The summed E-state index contributed by atoms with van der Waals surface area (Å²) >= 11 is 1.15. The molecule has 1 aromatic rings. The van der Waals surface area contributed by atoms with E-state index in [0.29, 0.717) is 9.88 Å². The molecule has 1 heterocycles. The van der Waals surface area contributed by atoms with Crippen molar-refractivity contribution in [2.24, 2.45) is 5.92 Å². The fourth-order valence-corrected chi connectivity index (χ4v) is 2.91.